The normalized spacial score (nSPS) is 13.5. The van der Waals surface area contributed by atoms with E-state index in [0.29, 0.717) is 35.9 Å². The number of carbonyl (C=O) groups excluding carboxylic acids is 2. The predicted molar refractivity (Wildman–Crippen MR) is 320 cm³/mol. The van der Waals surface area contributed by atoms with Gasteiger partial charge in [-0.3, -0.25) is 9.59 Å². The van der Waals surface area contributed by atoms with Crippen LogP contribution in [0.4, 0.5) is 0 Å². The first-order chi connectivity index (χ1) is 34.7. The lowest BCUT2D eigenvalue weighted by molar-refractivity contribution is -0.132. The quantitative estimate of drug-likeness (QED) is 0.0288. The average Bonchev–Trinajstić information content (AvgIpc) is 3.30. The van der Waals surface area contributed by atoms with Crippen molar-refractivity contribution in [1.82, 2.24) is 0 Å². The molecule has 0 N–H and O–H groups in total. The third-order valence-electron chi connectivity index (χ3n) is 12.5. The number of esters is 2. The number of benzene rings is 4. The molecule has 0 aliphatic carbocycles. The smallest absolute Gasteiger partial charge is 0.311 e. The van der Waals surface area contributed by atoms with Gasteiger partial charge >= 0.3 is 20.5 Å². The zero-order valence-corrected chi connectivity index (χ0v) is 56.3. The molecule has 418 valence electrons. The monoisotopic (exact) mass is 1170 g/mol. The Labute approximate surface area is 458 Å². The lowest BCUT2D eigenvalue weighted by atomic mass is 10.2. The van der Waals surface area contributed by atoms with Crippen LogP contribution in [0.1, 0.15) is 51.7 Å². The Balaban J connectivity index is 0.000000583. The summed E-state index contributed by atoms with van der Waals surface area (Å²) in [6.45, 7) is 35.0. The van der Waals surface area contributed by atoms with Crippen LogP contribution < -0.4 is 18.9 Å². The van der Waals surface area contributed by atoms with Crippen molar-refractivity contribution >= 4 is 80.0 Å². The van der Waals surface area contributed by atoms with Gasteiger partial charge in [-0.1, -0.05) is 69.1 Å². The van der Waals surface area contributed by atoms with Crippen LogP contribution in [0.25, 0.3) is 0 Å². The summed E-state index contributed by atoms with van der Waals surface area (Å²) in [7, 11) is -15.4. The van der Waals surface area contributed by atoms with Crippen molar-refractivity contribution < 1.29 is 58.5 Å². The number of hydrogen-bond donors (Lipinski definition) is 0. The fraction of sp³-hybridized carbons (Fsp3) is 0.519. The van der Waals surface area contributed by atoms with Crippen LogP contribution in [0.5, 0.6) is 23.0 Å². The first-order valence-electron chi connectivity index (χ1n) is 26.1. The summed E-state index contributed by atoms with van der Waals surface area (Å²) in [5.74, 6) is 1.65. The Kier molecular flexibility index (Phi) is 25.1. The molecule has 0 amide bonds. The second kappa shape index (κ2) is 28.5. The molecule has 1 unspecified atom stereocenters. The Bertz CT molecular complexity index is 2540. The summed E-state index contributed by atoms with van der Waals surface area (Å²) < 4.78 is 81.2. The van der Waals surface area contributed by atoms with Crippen LogP contribution in [0.15, 0.2) is 107 Å². The number of methoxy groups -OCH3 is 2. The van der Waals surface area contributed by atoms with E-state index in [4.69, 9.17) is 40.5 Å². The molecule has 0 heterocycles. The fourth-order valence-corrected chi connectivity index (χ4v) is 44.6. The van der Waals surface area contributed by atoms with Crippen LogP contribution >= 0.6 is 0 Å². The molecular weight excluding hydrogens is 1090 g/mol. The van der Waals surface area contributed by atoms with Crippen LogP contribution in [-0.2, 0) is 53.0 Å². The Morgan fingerprint density at radius 1 is 0.493 bits per heavy atom. The van der Waals surface area contributed by atoms with Crippen LogP contribution in [0, 0.1) is 0 Å². The lowest BCUT2D eigenvalue weighted by Crippen LogP contribution is -2.58. The minimum Gasteiger partial charge on any atom is -0.497 e. The van der Waals surface area contributed by atoms with Gasteiger partial charge in [-0.05, 0) is 174 Å². The van der Waals surface area contributed by atoms with Crippen molar-refractivity contribution in [3.8, 4) is 23.0 Å². The van der Waals surface area contributed by atoms with Crippen molar-refractivity contribution in [2.75, 3.05) is 32.9 Å². The van der Waals surface area contributed by atoms with E-state index < -0.39 is 74.0 Å². The van der Waals surface area contributed by atoms with Gasteiger partial charge in [-0.2, -0.15) is 0 Å². The van der Waals surface area contributed by atoms with Gasteiger partial charge < -0.3 is 40.5 Å². The molecule has 0 fully saturated rings. The van der Waals surface area contributed by atoms with Gasteiger partial charge in [0.25, 0.3) is 0 Å². The van der Waals surface area contributed by atoms with E-state index in [2.05, 4.69) is 105 Å². The molecule has 0 aromatic heterocycles. The topological polar surface area (TPSA) is 151 Å². The Morgan fingerprint density at radius 2 is 0.920 bits per heavy atom. The zero-order valence-electron chi connectivity index (χ0n) is 48.5. The molecule has 0 saturated carbocycles. The van der Waals surface area contributed by atoms with Crippen molar-refractivity contribution in [2.24, 2.45) is 0 Å². The number of para-hydroxylation sites is 2. The number of unbranched alkanes of at least 4 members (excludes halogenated alkanes) is 1. The number of rotatable bonds is 29. The maximum Gasteiger partial charge on any atom is 0.311 e. The molecule has 1 atom stereocenters. The fourth-order valence-electron chi connectivity index (χ4n) is 9.11. The Hall–Kier alpha value is -3.31. The molecule has 0 saturated heterocycles. The molecule has 0 aliphatic heterocycles. The molecule has 4 aromatic carbocycles. The number of carbonyl (C=O) groups is 2. The van der Waals surface area contributed by atoms with Crippen molar-refractivity contribution in [1.29, 1.82) is 0 Å². The van der Waals surface area contributed by atoms with Gasteiger partial charge in [0.15, 0.2) is 41.6 Å². The van der Waals surface area contributed by atoms with Gasteiger partial charge in [0.2, 0.25) is 9.84 Å². The highest BCUT2D eigenvalue weighted by Crippen LogP contribution is 2.32. The van der Waals surface area contributed by atoms with E-state index in [1.54, 1.807) is 19.2 Å². The molecule has 13 nitrogen and oxygen atoms in total. The van der Waals surface area contributed by atoms with Crippen molar-refractivity contribution in [3.05, 3.63) is 108 Å². The third kappa shape index (κ3) is 23.3. The predicted octanol–water partition coefficient (Wildman–Crippen LogP) is 13.2. The van der Waals surface area contributed by atoms with Crippen LogP contribution in [-0.4, -0.2) is 111 Å². The summed E-state index contributed by atoms with van der Waals surface area (Å²) in [6, 6.07) is 31.7. The molecule has 4 aromatic rings. The second-order valence-corrected chi connectivity index (χ2v) is 55.1. The molecule has 21 heteroatoms. The molecule has 4 rings (SSSR count). The van der Waals surface area contributed by atoms with Crippen molar-refractivity contribution in [2.45, 2.75) is 159 Å². The van der Waals surface area contributed by atoms with E-state index in [9.17, 15) is 18.0 Å². The highest BCUT2D eigenvalue weighted by atomic mass is 32.2. The Morgan fingerprint density at radius 3 is 1.36 bits per heavy atom. The number of sulfone groups is 1. The van der Waals surface area contributed by atoms with Gasteiger partial charge in [0, 0.05) is 32.5 Å². The maximum absolute atomic E-state index is 12.4. The molecule has 0 bridgehead atoms. The minimum atomic E-state index is -3.61. The summed E-state index contributed by atoms with van der Waals surface area (Å²) in [5, 5.41) is 0. The third-order valence-corrected chi connectivity index (χ3v) is 40.9. The SMILES string of the molecule is CCCC[Si](C)(C)O[Si](C)(C)O[Si](C)(C)C[Si](C)(C)OC[Si](CC)(CO[Si](C)(C)Cc1ccccc1OC)CO[Si](C)(C)Cc1ccccc1OC(C)=O.COc1ccc(S(=O)(=O)c2ccc(OC(C)=O)cc2)cc1. The summed E-state index contributed by atoms with van der Waals surface area (Å²) >= 11 is 0. The molecule has 0 aliphatic rings. The average molecular weight is 1180 g/mol. The van der Waals surface area contributed by atoms with E-state index in [0.717, 1.165) is 35.1 Å². The summed E-state index contributed by atoms with van der Waals surface area (Å²) in [4.78, 5) is 23.0. The second-order valence-electron chi connectivity index (χ2n) is 23.0. The van der Waals surface area contributed by atoms with E-state index in [-0.39, 0.29) is 15.8 Å². The first-order valence-corrected chi connectivity index (χ1v) is 48.8. The summed E-state index contributed by atoms with van der Waals surface area (Å²) in [6.07, 6.45) is 4.49. The highest BCUT2D eigenvalue weighted by molar-refractivity contribution is 7.91. The van der Waals surface area contributed by atoms with Crippen molar-refractivity contribution in [3.63, 3.8) is 0 Å². The maximum atomic E-state index is 12.4. The van der Waals surface area contributed by atoms with Gasteiger partial charge in [-0.15, -0.1) is 0 Å². The number of hydrogen-bond acceptors (Lipinski definition) is 13. The molecule has 0 radical (unpaired) electrons. The van der Waals surface area contributed by atoms with E-state index in [1.807, 2.05) is 36.4 Å². The van der Waals surface area contributed by atoms with Gasteiger partial charge in [0.1, 0.15) is 31.1 Å². The molecule has 75 heavy (non-hydrogen) atoms. The van der Waals surface area contributed by atoms with E-state index >= 15 is 0 Å². The minimum absolute atomic E-state index is 0.128. The van der Waals surface area contributed by atoms with Crippen LogP contribution in [0.3, 0.4) is 0 Å². The summed E-state index contributed by atoms with van der Waals surface area (Å²) in [5.41, 5.74) is 3.22. The first kappa shape index (κ1) is 66.0. The van der Waals surface area contributed by atoms with Gasteiger partial charge in [-0.25, -0.2) is 8.42 Å². The zero-order chi connectivity index (χ0) is 56.5. The van der Waals surface area contributed by atoms with Gasteiger partial charge in [0.05, 0.1) is 24.0 Å². The highest BCUT2D eigenvalue weighted by Gasteiger charge is 2.45. The van der Waals surface area contributed by atoms with Crippen LogP contribution in [0.2, 0.25) is 96.3 Å². The number of ether oxygens (including phenoxy) is 4. The standard InChI is InChI=1S/C39H76O8Si7.C15H14O5S/c1-17-19-28-48(5,6)46-53(15,16)47-52(13,14)34-51(11,12)44-33-54(18-2,31-42-49(7,8)29-36-24-20-22-26-38(36)41-4)32-43-50(9,10)30-37-25-21-23-27-39(37)45-35(3)40;1-11(16)20-13-5-9-15(10-6-13)21(17,18)14-7-3-12(19-2)4-8-14/h20-27H,17-19,28-34H2,1-16H3;3-10H,1-2H3. The van der Waals surface area contributed by atoms with E-state index in [1.165, 1.54) is 81.8 Å². The molecular formula is C54H90O13SSi7. The largest absolute Gasteiger partial charge is 0.497 e. The lowest BCUT2D eigenvalue weighted by Gasteiger charge is -2.42. The molecule has 0 spiro atoms.